The molecule has 1 atom stereocenters. The first-order valence-corrected chi connectivity index (χ1v) is 22.8. The Kier molecular flexibility index (Phi) is 27.7. The molecule has 0 rings (SSSR count). The first-order chi connectivity index (χ1) is 20.8. The Balaban J connectivity index is 5.79. The normalized spacial score (nSPS) is 14.2. The zero-order valence-corrected chi connectivity index (χ0v) is 31.9. The molecule has 3 heteroatoms. The average Bonchev–Trinajstić information content (AvgIpc) is 3.00. The summed E-state index contributed by atoms with van der Waals surface area (Å²) in [7, 11) is -3.93. The molecule has 0 amide bonds. The molecule has 0 aromatic rings. The number of unbranched alkanes of at least 4 members (excludes halogenated alkanes) is 21. The van der Waals surface area contributed by atoms with Gasteiger partial charge < -0.3 is 0 Å². The molecule has 2 nitrogen and oxygen atoms in total. The minimum atomic E-state index is -3.93. The summed E-state index contributed by atoms with van der Waals surface area (Å²) in [6.45, 7) is 13.8. The van der Waals surface area contributed by atoms with Gasteiger partial charge in [-0.15, -0.1) is 0 Å². The Morgan fingerprint density at radius 2 is 0.721 bits per heavy atom. The molecule has 262 valence electrons. The van der Waals surface area contributed by atoms with Crippen LogP contribution in [0, 0.1) is 5.92 Å². The maximum atomic E-state index is 13.2. The van der Waals surface area contributed by atoms with Crippen LogP contribution in [0.2, 0.25) is 0 Å². The van der Waals surface area contributed by atoms with Crippen molar-refractivity contribution >= 4 is 7.06 Å². The van der Waals surface area contributed by atoms with Gasteiger partial charge in [-0.3, -0.25) is 0 Å². The van der Waals surface area contributed by atoms with Crippen molar-refractivity contribution in [1.29, 1.82) is 0 Å². The Morgan fingerprint density at radius 3 is 1.12 bits per heavy atom. The van der Waals surface area contributed by atoms with Gasteiger partial charge >= 0.3 is 261 Å². The summed E-state index contributed by atoms with van der Waals surface area (Å²) < 4.78 is 0. The number of rotatable bonds is 34. The molecule has 0 aromatic carbocycles. The maximum absolute atomic E-state index is 13.2. The Morgan fingerprint density at radius 1 is 0.395 bits per heavy atom. The summed E-state index contributed by atoms with van der Waals surface area (Å²) in [4.78, 5) is 26.4. The summed E-state index contributed by atoms with van der Waals surface area (Å²) in [5.41, 5.74) is 0. The molecule has 0 aliphatic rings. The fraction of sp³-hybridized carbons (Fsp3) is 1.00. The van der Waals surface area contributed by atoms with E-state index in [9.17, 15) is 9.79 Å². The van der Waals surface area contributed by atoms with Crippen LogP contribution in [-0.2, 0) is 0 Å². The number of hydrogen-bond donors (Lipinski definition) is 2. The quantitative estimate of drug-likeness (QED) is 0.0550. The van der Waals surface area contributed by atoms with Gasteiger partial charge in [-0.1, -0.05) is 13.3 Å². The summed E-state index contributed by atoms with van der Waals surface area (Å²) in [6.07, 6.45) is 38.8. The van der Waals surface area contributed by atoms with Gasteiger partial charge in [0.2, 0.25) is 0 Å². The van der Waals surface area contributed by atoms with Crippen molar-refractivity contribution in [1.82, 2.24) is 0 Å². The van der Waals surface area contributed by atoms with Gasteiger partial charge in [0.1, 0.15) is 0 Å². The van der Waals surface area contributed by atoms with Crippen LogP contribution in [0.1, 0.15) is 234 Å². The molecule has 0 bridgehead atoms. The summed E-state index contributed by atoms with van der Waals surface area (Å²) in [6, 6.07) is 0. The van der Waals surface area contributed by atoms with Crippen LogP contribution in [-0.4, -0.2) is 27.3 Å². The van der Waals surface area contributed by atoms with Gasteiger partial charge in [0.05, 0.1) is 0 Å². The predicted octanol–water partition coefficient (Wildman–Crippen LogP) is 14.5. The molecule has 0 aromatic heterocycles. The molecule has 0 heterocycles. The summed E-state index contributed by atoms with van der Waals surface area (Å²) in [5.74, 6) is 0.453. The second-order valence-corrected chi connectivity index (χ2v) is 19.3. The zero-order valence-electron chi connectivity index (χ0n) is 31.0. The molecule has 0 spiro atoms. The van der Waals surface area contributed by atoms with Crippen LogP contribution in [0.5, 0.6) is 0 Å². The number of hydrogen-bond acceptors (Lipinski definition) is 2. The van der Waals surface area contributed by atoms with Gasteiger partial charge in [0.15, 0.2) is 0 Å². The zero-order chi connectivity index (χ0) is 32.2. The van der Waals surface area contributed by atoms with Crippen LogP contribution >= 0.6 is 7.06 Å². The SMILES string of the molecule is CCCCCCCCCCCCCCP(O)(O)(CCCC)C(CCCCCC)(CCCCCC)C(CC)CCCCCC. The van der Waals surface area contributed by atoms with Crippen LogP contribution in [0.4, 0.5) is 0 Å². The first kappa shape index (κ1) is 43.4. The molecule has 0 saturated carbocycles. The van der Waals surface area contributed by atoms with Gasteiger partial charge in [-0.05, 0) is 0 Å². The topological polar surface area (TPSA) is 40.5 Å². The van der Waals surface area contributed by atoms with Crippen LogP contribution in [0.25, 0.3) is 0 Å². The summed E-state index contributed by atoms with van der Waals surface area (Å²) in [5, 5.41) is -0.263. The van der Waals surface area contributed by atoms with E-state index in [1.165, 1.54) is 154 Å². The van der Waals surface area contributed by atoms with E-state index in [1.807, 2.05) is 0 Å². The average molecular weight is 629 g/mol. The van der Waals surface area contributed by atoms with Crippen molar-refractivity contribution in [3.8, 4) is 0 Å². The second-order valence-electron chi connectivity index (χ2n) is 14.8. The van der Waals surface area contributed by atoms with Gasteiger partial charge in [-0.25, -0.2) is 0 Å². The molecular formula is C40H85O2P. The van der Waals surface area contributed by atoms with E-state index >= 15 is 0 Å². The first-order valence-electron chi connectivity index (χ1n) is 20.3. The molecule has 0 radical (unpaired) electrons. The molecule has 1 unspecified atom stereocenters. The van der Waals surface area contributed by atoms with Crippen LogP contribution in [0.15, 0.2) is 0 Å². The Hall–Kier alpha value is 0.350. The van der Waals surface area contributed by atoms with Crippen molar-refractivity contribution < 1.29 is 9.79 Å². The third kappa shape index (κ3) is 17.7. The van der Waals surface area contributed by atoms with E-state index in [0.717, 1.165) is 38.5 Å². The molecule has 43 heavy (non-hydrogen) atoms. The second kappa shape index (κ2) is 27.5. The van der Waals surface area contributed by atoms with E-state index in [-0.39, 0.29) is 5.16 Å². The molecule has 0 fully saturated rings. The predicted molar refractivity (Wildman–Crippen MR) is 200 cm³/mol. The molecule has 2 N–H and O–H groups in total. The van der Waals surface area contributed by atoms with E-state index < -0.39 is 7.06 Å². The van der Waals surface area contributed by atoms with E-state index in [1.54, 1.807) is 0 Å². The van der Waals surface area contributed by atoms with E-state index in [0.29, 0.717) is 18.2 Å². The third-order valence-electron chi connectivity index (χ3n) is 11.1. The van der Waals surface area contributed by atoms with Crippen molar-refractivity contribution in [2.75, 3.05) is 12.3 Å². The molecule has 0 aliphatic carbocycles. The van der Waals surface area contributed by atoms with Crippen LogP contribution in [0.3, 0.4) is 0 Å². The van der Waals surface area contributed by atoms with Crippen molar-refractivity contribution in [2.24, 2.45) is 5.92 Å². The van der Waals surface area contributed by atoms with Crippen molar-refractivity contribution in [2.45, 2.75) is 239 Å². The molecule has 0 aliphatic heterocycles. The fourth-order valence-electron chi connectivity index (χ4n) is 8.19. The Labute approximate surface area is 273 Å². The fourth-order valence-corrected chi connectivity index (χ4v) is 13.7. The Bertz CT molecular complexity index is 577. The summed E-state index contributed by atoms with van der Waals surface area (Å²) >= 11 is 0. The molecule has 0 saturated heterocycles. The van der Waals surface area contributed by atoms with E-state index in [4.69, 9.17) is 0 Å². The van der Waals surface area contributed by atoms with Crippen molar-refractivity contribution in [3.05, 3.63) is 0 Å². The van der Waals surface area contributed by atoms with Gasteiger partial charge in [-0.2, -0.15) is 0 Å². The third-order valence-corrected chi connectivity index (χ3v) is 16.5. The molecular weight excluding hydrogens is 543 g/mol. The van der Waals surface area contributed by atoms with Gasteiger partial charge in [0.25, 0.3) is 0 Å². The van der Waals surface area contributed by atoms with Crippen molar-refractivity contribution in [3.63, 3.8) is 0 Å². The van der Waals surface area contributed by atoms with Gasteiger partial charge in [0, 0.05) is 0 Å². The van der Waals surface area contributed by atoms with Crippen LogP contribution < -0.4 is 0 Å². The standard InChI is InChI=1S/C40H85O2P/c1-7-13-18-22-23-24-25-26-27-28-29-33-38-43(41,42,37-17-11-5)40(35-31-20-15-9-3,36-32-21-16-10-4)39(12-6)34-30-19-14-8-2/h39,41-42H,7-38H2,1-6H3. The van der Waals surface area contributed by atoms with E-state index in [2.05, 4.69) is 41.5 Å². The monoisotopic (exact) mass is 629 g/mol. The minimum absolute atomic E-state index is 0.263.